The average molecular weight is 360 g/mol. The Balaban J connectivity index is 0.000000615. The van der Waals surface area contributed by atoms with E-state index in [-0.39, 0.29) is 18.7 Å². The molecule has 6 heteroatoms. The Bertz CT molecular complexity index is 712. The van der Waals surface area contributed by atoms with E-state index in [0.717, 1.165) is 15.4 Å². The summed E-state index contributed by atoms with van der Waals surface area (Å²) in [5.74, 6) is -1.71. The van der Waals surface area contributed by atoms with Gasteiger partial charge in [0.25, 0.3) is 17.7 Å². The number of nitrogens with zero attached hydrogens (tertiary/aromatic N) is 2. The molecule has 0 spiro atoms. The highest BCUT2D eigenvalue weighted by atomic mass is 16.2. The van der Waals surface area contributed by atoms with Crippen LogP contribution in [-0.4, -0.2) is 46.5 Å². The summed E-state index contributed by atoms with van der Waals surface area (Å²) in [5.41, 5.74) is 1.52. The first-order chi connectivity index (χ1) is 12.3. The molecule has 0 saturated carbocycles. The minimum atomic E-state index is -0.889. The van der Waals surface area contributed by atoms with Gasteiger partial charge in [0.05, 0.1) is 11.1 Å². The lowest BCUT2D eigenvalue weighted by Crippen LogP contribution is -2.54. The number of carbonyl (C=O) groups excluding carboxylic acids is 4. The summed E-state index contributed by atoms with van der Waals surface area (Å²) in [5, 5.41) is 0. The standard InChI is InChI=1S/C15H14N2O4.C3H8.C2H6/c1-8-3-4-9-10(7-8)14(20)17(13(9)19)11-5-6-12(18)16(2)15(11)21;1-3-2;1-2/h3-4,7,11H,5-6H2,1-2H3;3H2,1-2H3;1-2H3. The Labute approximate surface area is 155 Å². The van der Waals surface area contributed by atoms with Crippen LogP contribution >= 0.6 is 0 Å². The number of carbonyl (C=O) groups is 4. The molecule has 0 bridgehead atoms. The van der Waals surface area contributed by atoms with Crippen molar-refractivity contribution in [2.45, 2.75) is 59.9 Å². The van der Waals surface area contributed by atoms with Gasteiger partial charge in [-0.15, -0.1) is 0 Å². The van der Waals surface area contributed by atoms with Crippen LogP contribution in [-0.2, 0) is 9.59 Å². The summed E-state index contributed by atoms with van der Waals surface area (Å²) in [6, 6.07) is 4.12. The van der Waals surface area contributed by atoms with Crippen molar-refractivity contribution < 1.29 is 19.2 Å². The van der Waals surface area contributed by atoms with Crippen molar-refractivity contribution in [1.82, 2.24) is 9.80 Å². The van der Waals surface area contributed by atoms with Crippen molar-refractivity contribution >= 4 is 23.6 Å². The Morgan fingerprint density at radius 1 is 1.00 bits per heavy atom. The van der Waals surface area contributed by atoms with Gasteiger partial charge in [0.1, 0.15) is 6.04 Å². The number of aryl methyl sites for hydroxylation is 1. The number of likely N-dealkylation sites (tertiary alicyclic amines) is 1. The number of hydrogen-bond acceptors (Lipinski definition) is 4. The molecule has 1 aromatic rings. The third-order valence-corrected chi connectivity index (χ3v) is 4.01. The van der Waals surface area contributed by atoms with E-state index >= 15 is 0 Å². The van der Waals surface area contributed by atoms with Crippen LogP contribution in [0.15, 0.2) is 18.2 Å². The molecular formula is C20H28N2O4. The molecule has 1 atom stereocenters. The van der Waals surface area contributed by atoms with E-state index in [1.54, 1.807) is 18.2 Å². The molecular weight excluding hydrogens is 332 g/mol. The van der Waals surface area contributed by atoms with Gasteiger partial charge in [-0.3, -0.25) is 29.0 Å². The van der Waals surface area contributed by atoms with E-state index in [9.17, 15) is 19.2 Å². The quantitative estimate of drug-likeness (QED) is 0.721. The van der Waals surface area contributed by atoms with Crippen LogP contribution in [0.4, 0.5) is 0 Å². The number of rotatable bonds is 1. The van der Waals surface area contributed by atoms with Crippen molar-refractivity contribution in [2.24, 2.45) is 0 Å². The fraction of sp³-hybridized carbons (Fsp3) is 0.500. The summed E-state index contributed by atoms with van der Waals surface area (Å²) in [6.45, 7) is 10.1. The predicted molar refractivity (Wildman–Crippen MR) is 99.8 cm³/mol. The zero-order valence-electron chi connectivity index (χ0n) is 16.5. The highest BCUT2D eigenvalue weighted by Crippen LogP contribution is 2.29. The highest BCUT2D eigenvalue weighted by Gasteiger charge is 2.46. The topological polar surface area (TPSA) is 74.8 Å². The van der Waals surface area contributed by atoms with E-state index in [2.05, 4.69) is 13.8 Å². The molecule has 3 rings (SSSR count). The number of benzene rings is 1. The number of piperidine rings is 1. The molecule has 2 heterocycles. The molecule has 0 aromatic heterocycles. The van der Waals surface area contributed by atoms with E-state index < -0.39 is 23.8 Å². The van der Waals surface area contributed by atoms with E-state index in [1.165, 1.54) is 13.5 Å². The van der Waals surface area contributed by atoms with Crippen molar-refractivity contribution in [1.29, 1.82) is 0 Å². The third-order valence-electron chi connectivity index (χ3n) is 4.01. The molecule has 1 unspecified atom stereocenters. The maximum absolute atomic E-state index is 12.4. The van der Waals surface area contributed by atoms with E-state index in [4.69, 9.17) is 0 Å². The molecule has 0 aliphatic carbocycles. The minimum Gasteiger partial charge on any atom is -0.284 e. The van der Waals surface area contributed by atoms with Gasteiger partial charge < -0.3 is 0 Å². The van der Waals surface area contributed by atoms with Gasteiger partial charge in [0.15, 0.2) is 0 Å². The predicted octanol–water partition coefficient (Wildman–Crippen LogP) is 3.18. The van der Waals surface area contributed by atoms with Gasteiger partial charge in [0.2, 0.25) is 5.91 Å². The van der Waals surface area contributed by atoms with Gasteiger partial charge >= 0.3 is 0 Å². The second kappa shape index (κ2) is 9.27. The monoisotopic (exact) mass is 360 g/mol. The van der Waals surface area contributed by atoms with Gasteiger partial charge in [-0.1, -0.05) is 45.7 Å². The highest BCUT2D eigenvalue weighted by molar-refractivity contribution is 6.23. The van der Waals surface area contributed by atoms with E-state index in [1.807, 2.05) is 20.8 Å². The first kappa shape index (κ1) is 21.5. The third kappa shape index (κ3) is 4.00. The fourth-order valence-corrected chi connectivity index (χ4v) is 2.79. The van der Waals surface area contributed by atoms with Gasteiger partial charge in [-0.05, 0) is 25.5 Å². The van der Waals surface area contributed by atoms with Crippen molar-refractivity contribution in [3.05, 3.63) is 34.9 Å². The largest absolute Gasteiger partial charge is 0.284 e. The van der Waals surface area contributed by atoms with Crippen LogP contribution in [0.2, 0.25) is 0 Å². The number of imide groups is 2. The normalized spacial score (nSPS) is 18.8. The maximum atomic E-state index is 12.4. The zero-order chi connectivity index (χ0) is 20.0. The summed E-state index contributed by atoms with van der Waals surface area (Å²) in [7, 11) is 1.37. The molecule has 0 N–H and O–H groups in total. The molecule has 4 amide bonds. The molecule has 2 aliphatic rings. The lowest BCUT2D eigenvalue weighted by Gasteiger charge is -2.32. The fourth-order valence-electron chi connectivity index (χ4n) is 2.79. The first-order valence-electron chi connectivity index (χ1n) is 9.12. The SMILES string of the molecule is CC.CCC.Cc1ccc2c(c1)C(=O)N(C1CCC(=O)N(C)C1=O)C2=O. The summed E-state index contributed by atoms with van der Waals surface area (Å²) < 4.78 is 0. The van der Waals surface area contributed by atoms with Gasteiger partial charge in [0, 0.05) is 13.5 Å². The smallest absolute Gasteiger partial charge is 0.262 e. The second-order valence-corrected chi connectivity index (χ2v) is 6.08. The maximum Gasteiger partial charge on any atom is 0.262 e. The summed E-state index contributed by atoms with van der Waals surface area (Å²) in [4.78, 5) is 50.5. The zero-order valence-corrected chi connectivity index (χ0v) is 16.5. The molecule has 0 radical (unpaired) electrons. The van der Waals surface area contributed by atoms with Crippen LogP contribution in [0.1, 0.15) is 73.2 Å². The number of fused-ring (bicyclic) bond motifs is 1. The molecule has 26 heavy (non-hydrogen) atoms. The number of amides is 4. The Hall–Kier alpha value is -2.50. The molecule has 142 valence electrons. The number of likely N-dealkylation sites (N-methyl/N-ethyl adjacent to an activating group) is 1. The Morgan fingerprint density at radius 3 is 2.12 bits per heavy atom. The van der Waals surface area contributed by atoms with Crippen molar-refractivity contribution in [2.75, 3.05) is 7.05 Å². The van der Waals surface area contributed by atoms with Crippen LogP contribution in [0, 0.1) is 6.92 Å². The second-order valence-electron chi connectivity index (χ2n) is 6.08. The lowest BCUT2D eigenvalue weighted by molar-refractivity contribution is -0.149. The molecule has 2 aliphatic heterocycles. The molecule has 1 fully saturated rings. The van der Waals surface area contributed by atoms with Crippen LogP contribution < -0.4 is 0 Å². The van der Waals surface area contributed by atoms with Crippen LogP contribution in [0.5, 0.6) is 0 Å². The number of hydrogen-bond donors (Lipinski definition) is 0. The molecule has 1 aromatic carbocycles. The van der Waals surface area contributed by atoms with Gasteiger partial charge in [-0.25, -0.2) is 0 Å². The van der Waals surface area contributed by atoms with Gasteiger partial charge in [-0.2, -0.15) is 0 Å². The van der Waals surface area contributed by atoms with Crippen LogP contribution in [0.3, 0.4) is 0 Å². The lowest BCUT2D eigenvalue weighted by atomic mass is 10.0. The van der Waals surface area contributed by atoms with Crippen LogP contribution in [0.25, 0.3) is 0 Å². The van der Waals surface area contributed by atoms with E-state index in [0.29, 0.717) is 11.1 Å². The average Bonchev–Trinajstić information content (AvgIpc) is 2.86. The minimum absolute atomic E-state index is 0.152. The first-order valence-corrected chi connectivity index (χ1v) is 9.12. The molecule has 6 nitrogen and oxygen atoms in total. The summed E-state index contributed by atoms with van der Waals surface area (Å²) >= 11 is 0. The van der Waals surface area contributed by atoms with Crippen molar-refractivity contribution in [3.8, 4) is 0 Å². The Kier molecular flexibility index (Phi) is 7.68. The summed E-state index contributed by atoms with van der Waals surface area (Å²) in [6.07, 6.45) is 1.59. The molecule has 1 saturated heterocycles. The Morgan fingerprint density at radius 2 is 1.54 bits per heavy atom. The van der Waals surface area contributed by atoms with Crippen molar-refractivity contribution in [3.63, 3.8) is 0 Å².